The summed E-state index contributed by atoms with van der Waals surface area (Å²) in [6, 6.07) is 21.0. The van der Waals surface area contributed by atoms with Crippen molar-refractivity contribution < 1.29 is 14.7 Å². The van der Waals surface area contributed by atoms with Crippen molar-refractivity contribution in [2.75, 3.05) is 28.6 Å². The van der Waals surface area contributed by atoms with Crippen LogP contribution in [0, 0.1) is 11.8 Å². The summed E-state index contributed by atoms with van der Waals surface area (Å²) in [7, 11) is 0. The van der Waals surface area contributed by atoms with Gasteiger partial charge in [0.05, 0.1) is 23.5 Å². The van der Waals surface area contributed by atoms with Crippen LogP contribution in [0.3, 0.4) is 0 Å². The number of piperidine rings is 1. The van der Waals surface area contributed by atoms with Crippen LogP contribution in [0.15, 0.2) is 72.9 Å². The molecular formula is C30H31N5O3. The fraction of sp³-hybridized carbons (Fsp3) is 0.300. The van der Waals surface area contributed by atoms with Crippen LogP contribution < -0.4 is 15.5 Å². The Balaban J connectivity index is 1.11. The summed E-state index contributed by atoms with van der Waals surface area (Å²) in [6.07, 6.45) is 4.06. The van der Waals surface area contributed by atoms with E-state index in [1.165, 1.54) is 0 Å². The molecule has 1 aliphatic heterocycles. The van der Waals surface area contributed by atoms with E-state index in [-0.39, 0.29) is 23.8 Å². The Hall–Kier alpha value is -4.17. The molecule has 3 aromatic carbocycles. The van der Waals surface area contributed by atoms with Crippen molar-refractivity contribution in [3.05, 3.63) is 78.5 Å². The summed E-state index contributed by atoms with van der Waals surface area (Å²) >= 11 is 0. The number of aromatic nitrogens is 2. The molecule has 2 amide bonds. The minimum atomic E-state index is -0.212. The second-order valence-corrected chi connectivity index (χ2v) is 10.4. The predicted octanol–water partition coefficient (Wildman–Crippen LogP) is 4.83. The largest absolute Gasteiger partial charge is 0.393 e. The Morgan fingerprint density at radius 1 is 0.895 bits per heavy atom. The number of rotatable bonds is 6. The highest BCUT2D eigenvalue weighted by molar-refractivity contribution is 6.05. The van der Waals surface area contributed by atoms with Gasteiger partial charge in [0, 0.05) is 47.0 Å². The normalized spacial score (nSPS) is 19.4. The molecule has 1 saturated carbocycles. The Labute approximate surface area is 221 Å². The van der Waals surface area contributed by atoms with Crippen LogP contribution in [0.2, 0.25) is 0 Å². The standard InChI is InChI=1S/C30H31N5O3/c1-19-16-27(19)30(38)32-22-4-9-25(10-5-22)35-28-11-6-23(17-21(28)18-31-35)33-29(37)20-2-7-24(8-3-20)34-14-12-26(36)13-15-34/h2-11,17-19,26-27,36H,12-16H2,1H3,(H,32,38)(H,33,37). The molecule has 194 valence electrons. The summed E-state index contributed by atoms with van der Waals surface area (Å²) in [4.78, 5) is 27.3. The molecule has 0 radical (unpaired) electrons. The first-order valence-electron chi connectivity index (χ1n) is 13.2. The number of benzene rings is 3. The Bertz CT molecular complexity index is 1470. The summed E-state index contributed by atoms with van der Waals surface area (Å²) in [5.74, 6) is 0.522. The number of aliphatic hydroxyl groups excluding tert-OH is 1. The maximum atomic E-state index is 12.9. The van der Waals surface area contributed by atoms with Crippen LogP contribution in [-0.4, -0.2) is 45.9 Å². The van der Waals surface area contributed by atoms with Gasteiger partial charge in [-0.3, -0.25) is 9.59 Å². The van der Waals surface area contributed by atoms with Crippen molar-refractivity contribution in [2.24, 2.45) is 11.8 Å². The van der Waals surface area contributed by atoms with Crippen molar-refractivity contribution in [3.63, 3.8) is 0 Å². The molecule has 1 aliphatic carbocycles. The van der Waals surface area contributed by atoms with Crippen molar-refractivity contribution in [1.82, 2.24) is 9.78 Å². The second kappa shape index (κ2) is 9.95. The molecule has 0 spiro atoms. The number of carbonyl (C=O) groups is 2. The maximum Gasteiger partial charge on any atom is 0.255 e. The zero-order valence-corrected chi connectivity index (χ0v) is 21.3. The first-order chi connectivity index (χ1) is 18.4. The minimum absolute atomic E-state index is 0.0862. The van der Waals surface area contributed by atoms with E-state index < -0.39 is 0 Å². The fourth-order valence-electron chi connectivity index (χ4n) is 5.08. The third-order valence-electron chi connectivity index (χ3n) is 7.61. The van der Waals surface area contributed by atoms with Crippen molar-refractivity contribution >= 4 is 39.8 Å². The molecule has 4 aromatic rings. The average molecular weight is 510 g/mol. The maximum absolute atomic E-state index is 12.9. The molecule has 38 heavy (non-hydrogen) atoms. The topological polar surface area (TPSA) is 99.5 Å². The van der Waals surface area contributed by atoms with E-state index in [9.17, 15) is 14.7 Å². The molecule has 1 saturated heterocycles. The van der Waals surface area contributed by atoms with Gasteiger partial charge < -0.3 is 20.6 Å². The lowest BCUT2D eigenvalue weighted by Gasteiger charge is -2.31. The summed E-state index contributed by atoms with van der Waals surface area (Å²) < 4.78 is 1.84. The molecule has 6 rings (SSSR count). The number of carbonyl (C=O) groups excluding carboxylic acids is 2. The van der Waals surface area contributed by atoms with E-state index in [2.05, 4.69) is 27.6 Å². The van der Waals surface area contributed by atoms with Gasteiger partial charge in [-0.15, -0.1) is 0 Å². The Kier molecular flexibility index (Phi) is 6.33. The molecule has 1 aromatic heterocycles. The molecule has 2 fully saturated rings. The molecule has 8 heteroatoms. The number of hydrogen-bond acceptors (Lipinski definition) is 5. The van der Waals surface area contributed by atoms with E-state index in [0.29, 0.717) is 17.2 Å². The van der Waals surface area contributed by atoms with Crippen LogP contribution in [0.25, 0.3) is 16.6 Å². The number of nitrogens with zero attached hydrogens (tertiary/aromatic N) is 3. The van der Waals surface area contributed by atoms with Crippen molar-refractivity contribution in [3.8, 4) is 5.69 Å². The van der Waals surface area contributed by atoms with E-state index in [0.717, 1.165) is 60.3 Å². The first kappa shape index (κ1) is 24.2. The molecule has 2 heterocycles. The van der Waals surface area contributed by atoms with Crippen molar-refractivity contribution in [2.45, 2.75) is 32.3 Å². The highest BCUT2D eigenvalue weighted by Gasteiger charge is 2.39. The van der Waals surface area contributed by atoms with Crippen LogP contribution in [0.4, 0.5) is 17.1 Å². The third kappa shape index (κ3) is 4.99. The zero-order chi connectivity index (χ0) is 26.2. The van der Waals surface area contributed by atoms with Gasteiger partial charge in [0.25, 0.3) is 5.91 Å². The SMILES string of the molecule is CC1CC1C(=O)Nc1ccc(-n2ncc3cc(NC(=O)c4ccc(N5CCC(O)CC5)cc4)ccc32)cc1. The molecule has 8 nitrogen and oxygen atoms in total. The minimum Gasteiger partial charge on any atom is -0.393 e. The summed E-state index contributed by atoms with van der Waals surface area (Å²) in [5, 5.41) is 21.1. The smallest absolute Gasteiger partial charge is 0.255 e. The Morgan fingerprint density at radius 3 is 2.24 bits per heavy atom. The van der Waals surface area contributed by atoms with Gasteiger partial charge in [0.2, 0.25) is 5.91 Å². The first-order valence-corrected chi connectivity index (χ1v) is 13.2. The van der Waals surface area contributed by atoms with Gasteiger partial charge in [-0.05, 0) is 91.9 Å². The molecule has 0 bridgehead atoms. The lowest BCUT2D eigenvalue weighted by atomic mass is 10.1. The predicted molar refractivity (Wildman–Crippen MR) is 149 cm³/mol. The molecule has 3 N–H and O–H groups in total. The van der Waals surface area contributed by atoms with E-state index >= 15 is 0 Å². The zero-order valence-electron chi connectivity index (χ0n) is 21.3. The molecule has 2 unspecified atom stereocenters. The highest BCUT2D eigenvalue weighted by Crippen LogP contribution is 2.38. The number of hydrogen-bond donors (Lipinski definition) is 3. The van der Waals surface area contributed by atoms with Crippen molar-refractivity contribution in [1.29, 1.82) is 0 Å². The van der Waals surface area contributed by atoms with Crippen LogP contribution in [0.5, 0.6) is 0 Å². The van der Waals surface area contributed by atoms with Crippen LogP contribution >= 0.6 is 0 Å². The molecule has 2 atom stereocenters. The van der Waals surface area contributed by atoms with Crippen LogP contribution in [0.1, 0.15) is 36.5 Å². The number of amides is 2. The Morgan fingerprint density at radius 2 is 1.55 bits per heavy atom. The number of aliphatic hydroxyl groups is 1. The third-order valence-corrected chi connectivity index (χ3v) is 7.61. The van der Waals surface area contributed by atoms with Gasteiger partial charge >= 0.3 is 0 Å². The quantitative estimate of drug-likeness (QED) is 0.346. The van der Waals surface area contributed by atoms with Crippen LogP contribution in [-0.2, 0) is 4.79 Å². The lowest BCUT2D eigenvalue weighted by molar-refractivity contribution is -0.117. The average Bonchev–Trinajstić information content (AvgIpc) is 3.53. The number of fused-ring (bicyclic) bond motifs is 1. The van der Waals surface area contributed by atoms with Gasteiger partial charge in [0.15, 0.2) is 0 Å². The molecular weight excluding hydrogens is 478 g/mol. The fourth-order valence-corrected chi connectivity index (χ4v) is 5.08. The second-order valence-electron chi connectivity index (χ2n) is 10.4. The van der Waals surface area contributed by atoms with Gasteiger partial charge in [-0.2, -0.15) is 5.10 Å². The van der Waals surface area contributed by atoms with E-state index in [1.807, 2.05) is 71.4 Å². The van der Waals surface area contributed by atoms with Gasteiger partial charge in [-0.25, -0.2) is 4.68 Å². The van der Waals surface area contributed by atoms with E-state index in [1.54, 1.807) is 6.20 Å². The van der Waals surface area contributed by atoms with Gasteiger partial charge in [-0.1, -0.05) is 6.92 Å². The summed E-state index contributed by atoms with van der Waals surface area (Å²) in [5.41, 5.74) is 4.94. The van der Waals surface area contributed by atoms with E-state index in [4.69, 9.17) is 0 Å². The molecule has 2 aliphatic rings. The lowest BCUT2D eigenvalue weighted by Crippen LogP contribution is -2.35. The van der Waals surface area contributed by atoms with Gasteiger partial charge in [0.1, 0.15) is 0 Å². The summed E-state index contributed by atoms with van der Waals surface area (Å²) in [6.45, 7) is 3.73. The number of anilines is 3. The number of nitrogens with one attached hydrogen (secondary N) is 2. The monoisotopic (exact) mass is 509 g/mol. The highest BCUT2D eigenvalue weighted by atomic mass is 16.3.